The number of ether oxygens (including phenoxy) is 1. The number of aryl methyl sites for hydroxylation is 1. The standard InChI is InChI=1S/C23H23N7O4S/c1-3-20-25-26-23-29(20)27-22(35-23)15-7-9-19(34-2)16(12-15)24-21(31)14-6-8-17(18(13-14)30(32)33)28-10-4-5-11-28/h6-9,12-13H,3-5,10-11H2,1-2H3,(H,24,31). The normalized spacial score (nSPS) is 13.4. The van der Waals surface area contributed by atoms with Crippen molar-refractivity contribution in [1.82, 2.24) is 19.8 Å². The van der Waals surface area contributed by atoms with E-state index >= 15 is 0 Å². The molecule has 1 fully saturated rings. The highest BCUT2D eigenvalue weighted by molar-refractivity contribution is 7.19. The van der Waals surface area contributed by atoms with Crippen LogP contribution >= 0.6 is 11.3 Å². The number of nitro benzene ring substituents is 1. The quantitative estimate of drug-likeness (QED) is 0.300. The molecule has 180 valence electrons. The summed E-state index contributed by atoms with van der Waals surface area (Å²) >= 11 is 1.39. The van der Waals surface area contributed by atoms with E-state index in [4.69, 9.17) is 4.74 Å². The fourth-order valence-corrected chi connectivity index (χ4v) is 5.02. The predicted octanol–water partition coefficient (Wildman–Crippen LogP) is 4.18. The van der Waals surface area contributed by atoms with Gasteiger partial charge in [-0.1, -0.05) is 18.3 Å². The zero-order valence-corrected chi connectivity index (χ0v) is 20.0. The lowest BCUT2D eigenvalue weighted by Gasteiger charge is -2.18. The van der Waals surface area contributed by atoms with Crippen LogP contribution in [0.3, 0.4) is 0 Å². The fourth-order valence-electron chi connectivity index (χ4n) is 4.16. The van der Waals surface area contributed by atoms with Crippen molar-refractivity contribution in [2.75, 3.05) is 30.4 Å². The highest BCUT2D eigenvalue weighted by Gasteiger charge is 2.24. The number of anilines is 2. The number of carbonyl (C=O) groups is 1. The van der Waals surface area contributed by atoms with Gasteiger partial charge in [-0.15, -0.1) is 10.2 Å². The van der Waals surface area contributed by atoms with Crippen LogP contribution in [-0.4, -0.2) is 50.8 Å². The molecule has 4 aromatic rings. The molecule has 1 aliphatic heterocycles. The first-order valence-electron chi connectivity index (χ1n) is 11.2. The van der Waals surface area contributed by atoms with Gasteiger partial charge in [-0.3, -0.25) is 14.9 Å². The van der Waals surface area contributed by atoms with Gasteiger partial charge >= 0.3 is 0 Å². The van der Waals surface area contributed by atoms with Gasteiger partial charge in [0.05, 0.1) is 17.7 Å². The average molecular weight is 494 g/mol. The number of rotatable bonds is 7. The zero-order chi connectivity index (χ0) is 24.5. The molecule has 0 bridgehead atoms. The van der Waals surface area contributed by atoms with Gasteiger partial charge in [0.1, 0.15) is 16.4 Å². The summed E-state index contributed by atoms with van der Waals surface area (Å²) in [6.07, 6.45) is 2.70. The van der Waals surface area contributed by atoms with E-state index in [1.165, 1.54) is 24.5 Å². The first-order valence-corrected chi connectivity index (χ1v) is 12.0. The molecule has 1 aliphatic rings. The van der Waals surface area contributed by atoms with Crippen LogP contribution in [0.1, 0.15) is 35.9 Å². The molecule has 0 radical (unpaired) electrons. The first-order chi connectivity index (χ1) is 17.0. The number of methoxy groups -OCH3 is 1. The van der Waals surface area contributed by atoms with Crippen LogP contribution in [0.2, 0.25) is 0 Å². The number of amides is 1. The minimum absolute atomic E-state index is 0.0771. The molecular formula is C23H23N7O4S. The van der Waals surface area contributed by atoms with Crippen molar-refractivity contribution >= 4 is 39.3 Å². The van der Waals surface area contributed by atoms with Crippen LogP contribution in [0.15, 0.2) is 36.4 Å². The van der Waals surface area contributed by atoms with Crippen molar-refractivity contribution in [2.24, 2.45) is 0 Å². The number of hydrogen-bond donors (Lipinski definition) is 1. The van der Waals surface area contributed by atoms with E-state index in [1.54, 1.807) is 28.8 Å². The Morgan fingerprint density at radius 3 is 2.71 bits per heavy atom. The van der Waals surface area contributed by atoms with E-state index in [2.05, 4.69) is 20.6 Å². The van der Waals surface area contributed by atoms with Crippen molar-refractivity contribution in [2.45, 2.75) is 26.2 Å². The van der Waals surface area contributed by atoms with Gasteiger partial charge in [0.2, 0.25) is 4.96 Å². The maximum atomic E-state index is 13.1. The molecule has 2 aromatic heterocycles. The summed E-state index contributed by atoms with van der Waals surface area (Å²) in [5.41, 5.74) is 1.86. The lowest BCUT2D eigenvalue weighted by Crippen LogP contribution is -2.20. The Morgan fingerprint density at radius 2 is 2.00 bits per heavy atom. The third kappa shape index (κ3) is 4.28. The van der Waals surface area contributed by atoms with Gasteiger partial charge < -0.3 is 15.0 Å². The number of carbonyl (C=O) groups excluding carboxylic acids is 1. The Hall–Kier alpha value is -4.06. The monoisotopic (exact) mass is 493 g/mol. The Bertz CT molecular complexity index is 1420. The second kappa shape index (κ2) is 9.29. The molecule has 11 nitrogen and oxygen atoms in total. The smallest absolute Gasteiger partial charge is 0.293 e. The summed E-state index contributed by atoms with van der Waals surface area (Å²) in [4.78, 5) is 27.0. The molecule has 1 amide bonds. The molecule has 35 heavy (non-hydrogen) atoms. The maximum absolute atomic E-state index is 13.1. The van der Waals surface area contributed by atoms with Crippen LogP contribution < -0.4 is 15.0 Å². The van der Waals surface area contributed by atoms with Gasteiger partial charge in [0.15, 0.2) is 5.82 Å². The van der Waals surface area contributed by atoms with Gasteiger partial charge in [-0.05, 0) is 43.2 Å². The van der Waals surface area contributed by atoms with Crippen LogP contribution in [0.4, 0.5) is 17.1 Å². The predicted molar refractivity (Wildman–Crippen MR) is 133 cm³/mol. The van der Waals surface area contributed by atoms with Crippen LogP contribution in [0.5, 0.6) is 5.75 Å². The second-order valence-electron chi connectivity index (χ2n) is 8.10. The highest BCUT2D eigenvalue weighted by atomic mass is 32.1. The van der Waals surface area contributed by atoms with Gasteiger partial charge in [-0.25, -0.2) is 0 Å². The van der Waals surface area contributed by atoms with Crippen LogP contribution in [0, 0.1) is 10.1 Å². The van der Waals surface area contributed by atoms with E-state index in [9.17, 15) is 14.9 Å². The number of nitrogens with zero attached hydrogens (tertiary/aromatic N) is 6. The molecule has 5 rings (SSSR count). The van der Waals surface area contributed by atoms with Crippen LogP contribution in [-0.2, 0) is 6.42 Å². The van der Waals surface area contributed by atoms with Crippen molar-refractivity contribution in [3.8, 4) is 16.3 Å². The van der Waals surface area contributed by atoms with Gasteiger partial charge in [0.25, 0.3) is 11.6 Å². The Balaban J connectivity index is 1.45. The first kappa shape index (κ1) is 22.7. The number of nitrogens with one attached hydrogen (secondary N) is 1. The summed E-state index contributed by atoms with van der Waals surface area (Å²) in [6.45, 7) is 3.53. The van der Waals surface area contributed by atoms with Gasteiger partial charge in [0, 0.05) is 36.7 Å². The summed E-state index contributed by atoms with van der Waals surface area (Å²) < 4.78 is 7.14. The third-order valence-corrected chi connectivity index (χ3v) is 6.90. The Labute approximate surface area is 204 Å². The van der Waals surface area contributed by atoms with E-state index in [1.807, 2.05) is 17.9 Å². The Kier molecular flexibility index (Phi) is 6.03. The average Bonchev–Trinajstić information content (AvgIpc) is 3.61. The summed E-state index contributed by atoms with van der Waals surface area (Å²) in [7, 11) is 1.51. The molecule has 12 heteroatoms. The van der Waals surface area contributed by atoms with Crippen molar-refractivity contribution < 1.29 is 14.5 Å². The number of aromatic nitrogens is 4. The SMILES string of the molecule is CCc1nnc2sc(-c3ccc(OC)c(NC(=O)c4ccc(N5CCCC5)c([N+](=O)[O-])c4)c3)nn12. The molecule has 0 unspecified atom stereocenters. The zero-order valence-electron chi connectivity index (χ0n) is 19.2. The molecule has 1 saturated heterocycles. The number of hydrogen-bond acceptors (Lipinski definition) is 9. The maximum Gasteiger partial charge on any atom is 0.293 e. The third-order valence-electron chi connectivity index (χ3n) is 5.95. The molecule has 0 saturated carbocycles. The molecule has 1 N–H and O–H groups in total. The number of nitro groups is 1. The van der Waals surface area contributed by atoms with Crippen molar-refractivity contribution in [3.63, 3.8) is 0 Å². The van der Waals surface area contributed by atoms with E-state index in [0.29, 0.717) is 33.5 Å². The fraction of sp³-hybridized carbons (Fsp3) is 0.304. The highest BCUT2D eigenvalue weighted by Crippen LogP contribution is 2.35. The minimum Gasteiger partial charge on any atom is -0.495 e. The largest absolute Gasteiger partial charge is 0.495 e. The number of benzene rings is 2. The van der Waals surface area contributed by atoms with Crippen LogP contribution in [0.25, 0.3) is 15.5 Å². The van der Waals surface area contributed by atoms with E-state index < -0.39 is 10.8 Å². The van der Waals surface area contributed by atoms with E-state index in [-0.39, 0.29) is 11.3 Å². The lowest BCUT2D eigenvalue weighted by atomic mass is 10.1. The van der Waals surface area contributed by atoms with E-state index in [0.717, 1.165) is 37.3 Å². The molecule has 0 aliphatic carbocycles. The molecule has 0 spiro atoms. The number of fused-ring (bicyclic) bond motifs is 1. The second-order valence-corrected chi connectivity index (χ2v) is 9.05. The van der Waals surface area contributed by atoms with Crippen molar-refractivity contribution in [1.29, 1.82) is 0 Å². The Morgan fingerprint density at radius 1 is 1.20 bits per heavy atom. The topological polar surface area (TPSA) is 128 Å². The molecule has 2 aromatic carbocycles. The van der Waals surface area contributed by atoms with Gasteiger partial charge in [-0.2, -0.15) is 9.61 Å². The summed E-state index contributed by atoms with van der Waals surface area (Å²) in [5, 5.41) is 28.1. The molecule has 0 atom stereocenters. The molecule has 3 heterocycles. The summed E-state index contributed by atoms with van der Waals surface area (Å²) in [5.74, 6) is 0.758. The minimum atomic E-state index is -0.470. The lowest BCUT2D eigenvalue weighted by molar-refractivity contribution is -0.384. The summed E-state index contributed by atoms with van der Waals surface area (Å²) in [6, 6.07) is 9.95. The van der Waals surface area contributed by atoms with Crippen molar-refractivity contribution in [3.05, 3.63) is 57.9 Å². The molecular weight excluding hydrogens is 470 g/mol.